The fraction of sp³-hybridized carbons (Fsp3) is 0.286. The van der Waals surface area contributed by atoms with E-state index in [0.29, 0.717) is 17.9 Å². The van der Waals surface area contributed by atoms with Crippen molar-refractivity contribution in [3.63, 3.8) is 0 Å². The van der Waals surface area contributed by atoms with Gasteiger partial charge in [0.1, 0.15) is 12.1 Å². The largest absolute Gasteiger partial charge is 0.481 e. The van der Waals surface area contributed by atoms with Crippen LogP contribution in [0.1, 0.15) is 22.9 Å². The molecular formula is C14H16FN3O. The molecule has 2 rings (SSSR count). The number of nitrogens with two attached hydrogens (primary N) is 1. The molecule has 0 saturated heterocycles. The Hall–Kier alpha value is -2.01. The van der Waals surface area contributed by atoms with Crippen LogP contribution < -0.4 is 10.5 Å². The smallest absolute Gasteiger partial charge is 0.216 e. The fourth-order valence-electron chi connectivity index (χ4n) is 1.78. The van der Waals surface area contributed by atoms with Gasteiger partial charge in [-0.25, -0.2) is 14.4 Å². The van der Waals surface area contributed by atoms with Crippen molar-refractivity contribution in [2.45, 2.75) is 19.4 Å². The summed E-state index contributed by atoms with van der Waals surface area (Å²) in [6.07, 6.45) is 1.93. The van der Waals surface area contributed by atoms with E-state index < -0.39 is 0 Å². The van der Waals surface area contributed by atoms with Crippen LogP contribution in [0.4, 0.5) is 4.39 Å². The SMILES string of the molecule is COc1cc(CC(N)c2ccc(C)c(F)c2)ncn1. The Morgan fingerprint density at radius 2 is 2.11 bits per heavy atom. The Morgan fingerprint density at radius 1 is 1.32 bits per heavy atom. The third-order valence-corrected chi connectivity index (χ3v) is 2.96. The lowest BCUT2D eigenvalue weighted by molar-refractivity contribution is 0.395. The number of halogens is 1. The summed E-state index contributed by atoms with van der Waals surface area (Å²) in [7, 11) is 1.54. The van der Waals surface area contributed by atoms with Gasteiger partial charge in [-0.15, -0.1) is 0 Å². The summed E-state index contributed by atoms with van der Waals surface area (Å²) >= 11 is 0. The maximum Gasteiger partial charge on any atom is 0.216 e. The zero-order chi connectivity index (χ0) is 13.8. The molecule has 0 spiro atoms. The third kappa shape index (κ3) is 3.26. The monoisotopic (exact) mass is 261 g/mol. The number of nitrogens with zero attached hydrogens (tertiary/aromatic N) is 2. The molecule has 0 aliphatic carbocycles. The first-order valence-corrected chi connectivity index (χ1v) is 5.96. The van der Waals surface area contributed by atoms with E-state index in [0.717, 1.165) is 11.3 Å². The number of ether oxygens (including phenoxy) is 1. The third-order valence-electron chi connectivity index (χ3n) is 2.96. The number of methoxy groups -OCH3 is 1. The lowest BCUT2D eigenvalue weighted by atomic mass is 10.0. The van der Waals surface area contributed by atoms with Gasteiger partial charge in [0, 0.05) is 24.2 Å². The van der Waals surface area contributed by atoms with Gasteiger partial charge in [-0.3, -0.25) is 0 Å². The van der Waals surface area contributed by atoms with Crippen LogP contribution in [-0.2, 0) is 6.42 Å². The summed E-state index contributed by atoms with van der Waals surface area (Å²) in [5.41, 5.74) is 8.20. The van der Waals surface area contributed by atoms with E-state index in [1.54, 1.807) is 26.2 Å². The van der Waals surface area contributed by atoms with Gasteiger partial charge in [0.15, 0.2) is 0 Å². The zero-order valence-electron chi connectivity index (χ0n) is 10.9. The molecule has 0 aliphatic rings. The molecule has 100 valence electrons. The second-order valence-electron chi connectivity index (χ2n) is 4.37. The van der Waals surface area contributed by atoms with Gasteiger partial charge >= 0.3 is 0 Å². The highest BCUT2D eigenvalue weighted by Crippen LogP contribution is 2.19. The Labute approximate surface area is 111 Å². The van der Waals surface area contributed by atoms with Crippen molar-refractivity contribution in [2.75, 3.05) is 7.11 Å². The highest BCUT2D eigenvalue weighted by Gasteiger charge is 2.10. The summed E-state index contributed by atoms with van der Waals surface area (Å²) in [4.78, 5) is 8.06. The molecule has 0 bridgehead atoms. The minimum absolute atomic E-state index is 0.242. The molecule has 0 aliphatic heterocycles. The van der Waals surface area contributed by atoms with E-state index in [1.807, 2.05) is 6.07 Å². The zero-order valence-corrected chi connectivity index (χ0v) is 10.9. The van der Waals surface area contributed by atoms with Gasteiger partial charge in [-0.1, -0.05) is 12.1 Å². The molecule has 0 fully saturated rings. The Balaban J connectivity index is 2.15. The first kappa shape index (κ1) is 13.4. The lowest BCUT2D eigenvalue weighted by Crippen LogP contribution is -2.14. The number of hydrogen-bond acceptors (Lipinski definition) is 4. The number of hydrogen-bond donors (Lipinski definition) is 1. The van der Waals surface area contributed by atoms with Crippen LogP contribution in [0.5, 0.6) is 5.88 Å². The van der Waals surface area contributed by atoms with Crippen LogP contribution in [0.3, 0.4) is 0 Å². The van der Waals surface area contributed by atoms with Crippen molar-refractivity contribution in [3.05, 3.63) is 53.2 Å². The molecule has 0 saturated carbocycles. The van der Waals surface area contributed by atoms with E-state index >= 15 is 0 Å². The first-order chi connectivity index (χ1) is 9.10. The molecule has 2 N–H and O–H groups in total. The molecule has 19 heavy (non-hydrogen) atoms. The Morgan fingerprint density at radius 3 is 2.79 bits per heavy atom. The standard InChI is InChI=1S/C14H16FN3O/c1-9-3-4-10(5-12(9)15)13(16)6-11-7-14(19-2)18-8-17-11/h3-5,7-8,13H,6,16H2,1-2H3. The van der Waals surface area contributed by atoms with Crippen LogP contribution in [0, 0.1) is 12.7 Å². The first-order valence-electron chi connectivity index (χ1n) is 5.96. The molecule has 1 atom stereocenters. The number of aromatic nitrogens is 2. The highest BCUT2D eigenvalue weighted by molar-refractivity contribution is 5.27. The normalized spacial score (nSPS) is 12.2. The molecule has 1 unspecified atom stereocenters. The number of benzene rings is 1. The van der Waals surface area contributed by atoms with Crippen molar-refractivity contribution in [2.24, 2.45) is 5.73 Å². The number of rotatable bonds is 4. The molecule has 2 aromatic rings. The summed E-state index contributed by atoms with van der Waals surface area (Å²) in [5.74, 6) is 0.250. The van der Waals surface area contributed by atoms with Crippen LogP contribution in [0.2, 0.25) is 0 Å². The fourth-order valence-corrected chi connectivity index (χ4v) is 1.78. The minimum Gasteiger partial charge on any atom is -0.481 e. The average Bonchev–Trinajstić information content (AvgIpc) is 2.42. The van der Waals surface area contributed by atoms with Crippen molar-refractivity contribution in [3.8, 4) is 5.88 Å². The van der Waals surface area contributed by atoms with Crippen LogP contribution in [0.15, 0.2) is 30.6 Å². The molecule has 0 radical (unpaired) electrons. The maximum absolute atomic E-state index is 13.5. The molecule has 1 aromatic heterocycles. The molecule has 1 heterocycles. The topological polar surface area (TPSA) is 61.0 Å². The molecule has 5 heteroatoms. The van der Waals surface area contributed by atoms with Gasteiger partial charge in [0.25, 0.3) is 0 Å². The predicted molar refractivity (Wildman–Crippen MR) is 70.4 cm³/mol. The Kier molecular flexibility index (Phi) is 4.06. The molecule has 4 nitrogen and oxygen atoms in total. The summed E-state index contributed by atoms with van der Waals surface area (Å²) in [6.45, 7) is 1.72. The van der Waals surface area contributed by atoms with Crippen LogP contribution in [0.25, 0.3) is 0 Å². The van der Waals surface area contributed by atoms with Gasteiger partial charge in [0.05, 0.1) is 7.11 Å². The van der Waals surface area contributed by atoms with E-state index in [9.17, 15) is 4.39 Å². The van der Waals surface area contributed by atoms with Gasteiger partial charge < -0.3 is 10.5 Å². The summed E-state index contributed by atoms with van der Waals surface area (Å²) in [5, 5.41) is 0. The maximum atomic E-state index is 13.5. The highest BCUT2D eigenvalue weighted by atomic mass is 19.1. The van der Waals surface area contributed by atoms with E-state index in [1.165, 1.54) is 12.4 Å². The number of aryl methyl sites for hydroxylation is 1. The second-order valence-corrected chi connectivity index (χ2v) is 4.37. The minimum atomic E-state index is -0.310. The van der Waals surface area contributed by atoms with Crippen molar-refractivity contribution in [1.82, 2.24) is 9.97 Å². The molecular weight excluding hydrogens is 245 g/mol. The average molecular weight is 261 g/mol. The summed E-state index contributed by atoms with van der Waals surface area (Å²) < 4.78 is 18.5. The van der Waals surface area contributed by atoms with Gasteiger partial charge in [0.2, 0.25) is 5.88 Å². The predicted octanol–water partition coefficient (Wildman–Crippen LogP) is 2.18. The molecule has 0 amide bonds. The van der Waals surface area contributed by atoms with Crippen LogP contribution >= 0.6 is 0 Å². The lowest BCUT2D eigenvalue weighted by Gasteiger charge is -2.12. The van der Waals surface area contributed by atoms with Crippen molar-refractivity contribution < 1.29 is 9.13 Å². The van der Waals surface area contributed by atoms with E-state index in [-0.39, 0.29) is 11.9 Å². The second kappa shape index (κ2) is 5.75. The van der Waals surface area contributed by atoms with Crippen LogP contribution in [-0.4, -0.2) is 17.1 Å². The quantitative estimate of drug-likeness (QED) is 0.916. The van der Waals surface area contributed by atoms with E-state index in [2.05, 4.69) is 9.97 Å². The van der Waals surface area contributed by atoms with Gasteiger partial charge in [-0.2, -0.15) is 0 Å². The Bertz CT molecular complexity index is 574. The van der Waals surface area contributed by atoms with Gasteiger partial charge in [-0.05, 0) is 24.1 Å². The summed E-state index contributed by atoms with van der Waals surface area (Å²) in [6, 6.07) is 6.45. The molecule has 1 aromatic carbocycles. The van der Waals surface area contributed by atoms with E-state index in [4.69, 9.17) is 10.5 Å². The van der Waals surface area contributed by atoms with Crippen molar-refractivity contribution in [1.29, 1.82) is 0 Å². The van der Waals surface area contributed by atoms with Crippen molar-refractivity contribution >= 4 is 0 Å².